The first-order valence-electron chi connectivity index (χ1n) is 4.54. The van der Waals surface area contributed by atoms with Crippen molar-refractivity contribution in [1.29, 1.82) is 5.26 Å². The van der Waals surface area contributed by atoms with E-state index in [2.05, 4.69) is 10.3 Å². The third-order valence-electron chi connectivity index (χ3n) is 1.77. The lowest BCUT2D eigenvalue weighted by molar-refractivity contribution is -0.137. The molecule has 1 heterocycles. The lowest BCUT2D eigenvalue weighted by atomic mass is 10.3. The van der Waals surface area contributed by atoms with E-state index in [0.29, 0.717) is 24.3 Å². The highest BCUT2D eigenvalue weighted by Gasteiger charge is 1.97. The van der Waals surface area contributed by atoms with Gasteiger partial charge in [0, 0.05) is 19.2 Å². The number of nitrogens with one attached hydrogen (secondary N) is 1. The Bertz CT molecular complexity index is 367. The number of aliphatic carboxylic acids is 1. The molecule has 0 atom stereocenters. The van der Waals surface area contributed by atoms with Crippen LogP contribution in [0.3, 0.4) is 0 Å². The topological polar surface area (TPSA) is 86.0 Å². The fraction of sp³-hybridized carbons (Fsp3) is 0.300. The second kappa shape index (κ2) is 5.60. The monoisotopic (exact) mass is 205 g/mol. The SMILES string of the molecule is N#Cc1ccc(NCCCC(=O)O)nc1. The van der Waals surface area contributed by atoms with Gasteiger partial charge in [-0.15, -0.1) is 0 Å². The number of pyridine rings is 1. The Morgan fingerprint density at radius 3 is 2.93 bits per heavy atom. The molecule has 0 fully saturated rings. The van der Waals surface area contributed by atoms with Gasteiger partial charge in [-0.3, -0.25) is 4.79 Å². The number of anilines is 1. The number of carboxylic acid groups (broad SMARTS) is 1. The van der Waals surface area contributed by atoms with E-state index in [1.807, 2.05) is 6.07 Å². The van der Waals surface area contributed by atoms with Crippen molar-refractivity contribution >= 4 is 11.8 Å². The molecule has 15 heavy (non-hydrogen) atoms. The van der Waals surface area contributed by atoms with Gasteiger partial charge in [0.05, 0.1) is 5.56 Å². The van der Waals surface area contributed by atoms with Crippen molar-refractivity contribution in [2.45, 2.75) is 12.8 Å². The predicted octanol–water partition coefficient (Wildman–Crippen LogP) is 1.23. The highest BCUT2D eigenvalue weighted by molar-refractivity contribution is 5.66. The molecule has 0 unspecified atom stereocenters. The summed E-state index contributed by atoms with van der Waals surface area (Å²) in [6.07, 6.45) is 2.17. The van der Waals surface area contributed by atoms with E-state index < -0.39 is 5.97 Å². The normalized spacial score (nSPS) is 9.27. The van der Waals surface area contributed by atoms with Gasteiger partial charge in [0.1, 0.15) is 11.9 Å². The summed E-state index contributed by atoms with van der Waals surface area (Å²) < 4.78 is 0. The Labute approximate surface area is 87.4 Å². The smallest absolute Gasteiger partial charge is 0.303 e. The van der Waals surface area contributed by atoms with E-state index in [-0.39, 0.29) is 6.42 Å². The molecule has 0 amide bonds. The van der Waals surface area contributed by atoms with Crippen molar-refractivity contribution in [3.05, 3.63) is 23.9 Å². The van der Waals surface area contributed by atoms with Crippen LogP contribution in [0.1, 0.15) is 18.4 Å². The average molecular weight is 205 g/mol. The van der Waals surface area contributed by atoms with Crippen LogP contribution in [0.15, 0.2) is 18.3 Å². The van der Waals surface area contributed by atoms with Crippen LogP contribution < -0.4 is 5.32 Å². The first kappa shape index (κ1) is 11.0. The van der Waals surface area contributed by atoms with Gasteiger partial charge >= 0.3 is 5.97 Å². The summed E-state index contributed by atoms with van der Waals surface area (Å²) in [5, 5.41) is 19.9. The molecule has 1 aromatic rings. The standard InChI is InChI=1S/C10H11N3O2/c11-6-8-3-4-9(13-7-8)12-5-1-2-10(14)15/h3-4,7H,1-2,5H2,(H,12,13)(H,14,15). The minimum Gasteiger partial charge on any atom is -0.481 e. The Morgan fingerprint density at radius 1 is 1.60 bits per heavy atom. The van der Waals surface area contributed by atoms with Crippen molar-refractivity contribution < 1.29 is 9.90 Å². The summed E-state index contributed by atoms with van der Waals surface area (Å²) in [6.45, 7) is 0.561. The minimum absolute atomic E-state index is 0.142. The van der Waals surface area contributed by atoms with Crippen molar-refractivity contribution in [2.24, 2.45) is 0 Å². The van der Waals surface area contributed by atoms with Crippen LogP contribution >= 0.6 is 0 Å². The van der Waals surface area contributed by atoms with Gasteiger partial charge in [0.2, 0.25) is 0 Å². The van der Waals surface area contributed by atoms with Crippen LogP contribution in [-0.4, -0.2) is 22.6 Å². The lowest BCUT2D eigenvalue weighted by Gasteiger charge is -2.03. The third-order valence-corrected chi connectivity index (χ3v) is 1.77. The molecule has 0 aliphatic carbocycles. The molecule has 0 saturated carbocycles. The molecule has 2 N–H and O–H groups in total. The summed E-state index contributed by atoms with van der Waals surface area (Å²) in [5.74, 6) is -0.149. The lowest BCUT2D eigenvalue weighted by Crippen LogP contribution is -2.05. The number of rotatable bonds is 5. The van der Waals surface area contributed by atoms with Crippen molar-refractivity contribution in [3.8, 4) is 6.07 Å². The Balaban J connectivity index is 2.32. The maximum Gasteiger partial charge on any atom is 0.303 e. The van der Waals surface area contributed by atoms with E-state index in [1.54, 1.807) is 12.1 Å². The van der Waals surface area contributed by atoms with Gasteiger partial charge in [-0.2, -0.15) is 5.26 Å². The third kappa shape index (κ3) is 4.09. The highest BCUT2D eigenvalue weighted by Crippen LogP contribution is 2.04. The zero-order valence-corrected chi connectivity index (χ0v) is 8.10. The predicted molar refractivity (Wildman–Crippen MR) is 54.3 cm³/mol. The molecule has 5 nitrogen and oxygen atoms in total. The molecular weight excluding hydrogens is 194 g/mol. The molecule has 1 aromatic heterocycles. The van der Waals surface area contributed by atoms with Gasteiger partial charge in [-0.1, -0.05) is 0 Å². The number of hydrogen-bond acceptors (Lipinski definition) is 4. The minimum atomic E-state index is -0.801. The largest absolute Gasteiger partial charge is 0.481 e. The molecule has 78 valence electrons. The molecule has 0 radical (unpaired) electrons. The van der Waals surface area contributed by atoms with E-state index in [1.165, 1.54) is 6.20 Å². The molecule has 0 aliphatic rings. The second-order valence-corrected chi connectivity index (χ2v) is 2.97. The molecule has 0 aromatic carbocycles. The molecular formula is C10H11N3O2. The Morgan fingerprint density at radius 2 is 2.40 bits per heavy atom. The first-order chi connectivity index (χ1) is 7.22. The summed E-state index contributed by atoms with van der Waals surface area (Å²) in [7, 11) is 0. The molecule has 0 spiro atoms. The van der Waals surface area contributed by atoms with Gasteiger partial charge in [0.25, 0.3) is 0 Å². The van der Waals surface area contributed by atoms with Crippen LogP contribution in [0.4, 0.5) is 5.82 Å². The summed E-state index contributed by atoms with van der Waals surface area (Å²) >= 11 is 0. The zero-order chi connectivity index (χ0) is 11.1. The molecule has 1 rings (SSSR count). The number of aromatic nitrogens is 1. The fourth-order valence-corrected chi connectivity index (χ4v) is 1.02. The van der Waals surface area contributed by atoms with Gasteiger partial charge in [-0.05, 0) is 18.6 Å². The number of hydrogen-bond donors (Lipinski definition) is 2. The number of nitrogens with zero attached hydrogens (tertiary/aromatic N) is 2. The Kier molecular flexibility index (Phi) is 4.10. The van der Waals surface area contributed by atoms with Crippen molar-refractivity contribution in [1.82, 2.24) is 4.98 Å². The van der Waals surface area contributed by atoms with E-state index >= 15 is 0 Å². The maximum absolute atomic E-state index is 10.2. The van der Waals surface area contributed by atoms with Gasteiger partial charge in [0.15, 0.2) is 0 Å². The van der Waals surface area contributed by atoms with Crippen LogP contribution in [-0.2, 0) is 4.79 Å². The second-order valence-electron chi connectivity index (χ2n) is 2.97. The van der Waals surface area contributed by atoms with Crippen LogP contribution in [0.5, 0.6) is 0 Å². The van der Waals surface area contributed by atoms with Crippen LogP contribution in [0.25, 0.3) is 0 Å². The van der Waals surface area contributed by atoms with Gasteiger partial charge < -0.3 is 10.4 Å². The summed E-state index contributed by atoms with van der Waals surface area (Å²) in [6, 6.07) is 5.32. The maximum atomic E-state index is 10.2. The quantitative estimate of drug-likeness (QED) is 0.706. The van der Waals surface area contributed by atoms with E-state index in [9.17, 15) is 4.79 Å². The van der Waals surface area contributed by atoms with Gasteiger partial charge in [-0.25, -0.2) is 4.98 Å². The first-order valence-corrected chi connectivity index (χ1v) is 4.54. The Hall–Kier alpha value is -2.09. The molecule has 0 aliphatic heterocycles. The molecule has 0 saturated heterocycles. The number of nitriles is 1. The zero-order valence-electron chi connectivity index (χ0n) is 8.10. The number of carboxylic acids is 1. The van der Waals surface area contributed by atoms with Crippen molar-refractivity contribution in [2.75, 3.05) is 11.9 Å². The van der Waals surface area contributed by atoms with E-state index in [0.717, 1.165) is 0 Å². The number of carbonyl (C=O) groups is 1. The fourth-order valence-electron chi connectivity index (χ4n) is 1.02. The molecule has 5 heteroatoms. The average Bonchev–Trinajstić information content (AvgIpc) is 2.25. The summed E-state index contributed by atoms with van der Waals surface area (Å²) in [4.78, 5) is 14.2. The van der Waals surface area contributed by atoms with E-state index in [4.69, 9.17) is 10.4 Å². The highest BCUT2D eigenvalue weighted by atomic mass is 16.4. The van der Waals surface area contributed by atoms with Crippen molar-refractivity contribution in [3.63, 3.8) is 0 Å². The summed E-state index contributed by atoms with van der Waals surface area (Å²) in [5.41, 5.74) is 0.506. The van der Waals surface area contributed by atoms with Crippen LogP contribution in [0, 0.1) is 11.3 Å². The van der Waals surface area contributed by atoms with Crippen LogP contribution in [0.2, 0.25) is 0 Å². The molecule has 0 bridgehead atoms.